The number of hydrogen-bond acceptors (Lipinski definition) is 29. The lowest BCUT2D eigenvalue weighted by Gasteiger charge is -2.35. The van der Waals surface area contributed by atoms with Crippen LogP contribution in [0.4, 0.5) is 17.7 Å². The van der Waals surface area contributed by atoms with E-state index in [9.17, 15) is 58.2 Å². The zero-order valence-corrected chi connectivity index (χ0v) is 44.3. The van der Waals surface area contributed by atoms with E-state index in [4.69, 9.17) is 66.3 Å². The summed E-state index contributed by atoms with van der Waals surface area (Å²) >= 11 is 4.93. The van der Waals surface area contributed by atoms with E-state index in [0.29, 0.717) is 0 Å². The van der Waals surface area contributed by atoms with E-state index in [1.54, 1.807) is 0 Å². The number of phosphoric ester groups is 1. The number of rotatable bonds is 21. The van der Waals surface area contributed by atoms with Crippen LogP contribution in [0.3, 0.4) is 0 Å². The van der Waals surface area contributed by atoms with Crippen molar-refractivity contribution in [3.05, 3.63) is 46.0 Å². The number of nitrogen functional groups attached to an aromatic ring is 3. The number of anilines is 3. The van der Waals surface area contributed by atoms with Crippen molar-refractivity contribution < 1.29 is 99.0 Å². The number of phosphoric acid groups is 2. The third-order valence-corrected chi connectivity index (χ3v) is 19.6. The fourth-order valence-electron chi connectivity index (χ4n) is 9.17. The van der Waals surface area contributed by atoms with Gasteiger partial charge in [-0.3, -0.25) is 37.8 Å². The summed E-state index contributed by atoms with van der Waals surface area (Å²) in [6.07, 6.45) is -10.8. The van der Waals surface area contributed by atoms with Crippen LogP contribution in [0.1, 0.15) is 25.1 Å². The number of aliphatic hydroxyl groups excluding tert-OH is 3. The number of aromatic nitrogens is 12. The predicted molar refractivity (Wildman–Crippen MR) is 256 cm³/mol. The summed E-state index contributed by atoms with van der Waals surface area (Å²) in [4.78, 5) is 101. The number of hydrogen-bond donors (Lipinski definition) is 11. The zero-order chi connectivity index (χ0) is 55.7. The Labute approximate surface area is 434 Å². The summed E-state index contributed by atoms with van der Waals surface area (Å²) in [5, 5.41) is 33.4. The van der Waals surface area contributed by atoms with Gasteiger partial charge in [0.1, 0.15) is 50.0 Å². The highest BCUT2D eigenvalue weighted by atomic mass is 32.5. The second-order valence-corrected chi connectivity index (χ2v) is 25.4. The van der Waals surface area contributed by atoms with Gasteiger partial charge < -0.3 is 89.4 Å². The second kappa shape index (κ2) is 21.8. The average molecular weight is 1190 g/mol. The number of aryl methyl sites for hydroxylation is 1. The molecule has 14 N–H and O–H groups in total. The number of nitrogens with zero attached hydrogens (tertiary/aromatic N) is 10. The molecule has 4 unspecified atom stereocenters. The maximum Gasteiger partial charge on any atom is 0.488 e. The molecule has 3 aliphatic heterocycles. The smallest absolute Gasteiger partial charge is 0.488 e. The Morgan fingerprint density at radius 1 is 0.779 bits per heavy atom. The van der Waals surface area contributed by atoms with E-state index < -0.39 is 134 Å². The molecule has 0 aromatic carbocycles. The lowest BCUT2D eigenvalue weighted by atomic mass is 9.95. The van der Waals surface area contributed by atoms with E-state index in [0.717, 1.165) is 30.7 Å². The van der Waals surface area contributed by atoms with E-state index >= 15 is 0 Å². The van der Waals surface area contributed by atoms with E-state index in [1.165, 1.54) is 34.2 Å². The third kappa shape index (κ3) is 11.4. The van der Waals surface area contributed by atoms with Gasteiger partial charge >= 0.3 is 28.0 Å². The molecular weight excluding hydrogens is 1140 g/mol. The van der Waals surface area contributed by atoms with Crippen molar-refractivity contribution in [2.75, 3.05) is 57.8 Å². The van der Waals surface area contributed by atoms with Crippen LogP contribution < -0.4 is 37.8 Å². The molecule has 9 heterocycles. The Balaban J connectivity index is 0.890. The summed E-state index contributed by atoms with van der Waals surface area (Å²) in [6, 6.07) is 0. The van der Waals surface area contributed by atoms with E-state index in [1.807, 2.05) is 0 Å². The fourth-order valence-corrected chi connectivity index (χ4v) is 15.4. The molecular formula is C35H49N15O22P4S. The SMILES string of the molecule is COCC[C@H]1[C@@H](O)[C@H]([n+]2cn(C)c3c(=O)[nH]c(N)nc32)O[C@@H]1COP(O)(=S)OP(=O)(O)OP(=O)(O)OC[C@H]1O[C@@H](n2cnc3c(N)ncnc32)[C@H](OC)[C@@H]1P(=O)([O-])OC[C@H]1O[C@@H](n2cnc3c(=O)[nH]c(N)nc32)[C@H](O)[C@@H]1O. The molecule has 422 valence electrons. The number of nitrogens with two attached hydrogens (primary N) is 3. The molecule has 37 nitrogen and oxygen atoms in total. The highest BCUT2D eigenvalue weighted by Gasteiger charge is 2.55. The number of imidazole rings is 3. The Morgan fingerprint density at radius 2 is 1.43 bits per heavy atom. The summed E-state index contributed by atoms with van der Waals surface area (Å²) in [5.41, 5.74) is 13.9. The van der Waals surface area contributed by atoms with Gasteiger partial charge in [0.25, 0.3) is 17.1 Å². The number of fused-ring (bicyclic) bond motifs is 3. The highest BCUT2D eigenvalue weighted by Crippen LogP contribution is 2.68. The zero-order valence-electron chi connectivity index (χ0n) is 39.9. The van der Waals surface area contributed by atoms with Crippen molar-refractivity contribution in [3.63, 3.8) is 0 Å². The first-order chi connectivity index (χ1) is 36.2. The molecule has 42 heteroatoms. The molecule has 0 radical (unpaired) electrons. The van der Waals surface area contributed by atoms with Gasteiger partial charge in [-0.15, -0.1) is 0 Å². The topological polar surface area (TPSA) is 528 Å². The van der Waals surface area contributed by atoms with Crippen LogP contribution in [0.25, 0.3) is 33.5 Å². The van der Waals surface area contributed by atoms with Crippen molar-refractivity contribution in [2.45, 2.75) is 73.5 Å². The van der Waals surface area contributed by atoms with Crippen molar-refractivity contribution in [2.24, 2.45) is 13.0 Å². The molecule has 0 aliphatic carbocycles. The molecule has 3 aliphatic rings. The van der Waals surface area contributed by atoms with Gasteiger partial charge in [-0.2, -0.15) is 9.29 Å². The molecule has 77 heavy (non-hydrogen) atoms. The quantitative estimate of drug-likeness (QED) is 0.0243. The minimum absolute atomic E-state index is 0.00109. The van der Waals surface area contributed by atoms with Gasteiger partial charge in [0.05, 0.1) is 57.4 Å². The lowest BCUT2D eigenvalue weighted by Crippen LogP contribution is -2.45. The van der Waals surface area contributed by atoms with Crippen molar-refractivity contribution in [3.8, 4) is 0 Å². The first-order valence-electron chi connectivity index (χ1n) is 22.3. The number of methoxy groups -OCH3 is 2. The minimum atomic E-state index is -6.00. The Hall–Kier alpha value is -4.69. The van der Waals surface area contributed by atoms with Crippen LogP contribution in [-0.2, 0) is 78.4 Å². The van der Waals surface area contributed by atoms with Crippen LogP contribution in [0.15, 0.2) is 34.9 Å². The monoisotopic (exact) mass is 1190 g/mol. The normalized spacial score (nSPS) is 30.0. The molecule has 6 aromatic rings. The maximum absolute atomic E-state index is 14.3. The molecule has 9 rings (SSSR count). The third-order valence-electron chi connectivity index (χ3n) is 12.6. The molecule has 0 saturated carbocycles. The molecule has 3 fully saturated rings. The first kappa shape index (κ1) is 57.0. The number of nitrogens with one attached hydrogen (secondary N) is 2. The largest absolute Gasteiger partial charge is 0.778 e. The first-order valence-corrected chi connectivity index (χ1v) is 29.5. The van der Waals surface area contributed by atoms with Gasteiger partial charge in [-0.1, -0.05) is 4.98 Å². The van der Waals surface area contributed by atoms with Crippen LogP contribution in [0.5, 0.6) is 0 Å². The molecule has 3 saturated heterocycles. The van der Waals surface area contributed by atoms with Gasteiger partial charge in [0.15, 0.2) is 41.4 Å². The Bertz CT molecular complexity index is 3510. The number of aliphatic hydroxyl groups is 3. The standard InChI is InChI=1S/C35H49N15O22P4S/c1-47-12-50(28-19(47)30(55)46-35(38)44-28)31-20(51)13(4-5-63-2)14(68-31)6-67-76(62,77)72-75(60,61)71-74(58,59)66-8-16-24(23(64-3)33(70-16)48-10-41-17-25(36)39-9-40-26(17)48)73(56,57)65-7-15-21(52)22(53)32(69-15)49-11-42-18-27(49)43-34(37)45-29(18)54/h9-16,20-24,31-33,51-53H,4-8H2,1-3H3,(H11-,36,37,38,39,40,43,44,45,46,54,55,56,57,58,59,60,61,62,77)/t13-,14-,15-,16-,20-,21-,22-,23-,24-,31-,32-,33-,76?/m1/s1. The van der Waals surface area contributed by atoms with Crippen LogP contribution in [-0.4, -0.2) is 173 Å². The van der Waals surface area contributed by atoms with Crippen LogP contribution >= 0.6 is 30.0 Å². The Kier molecular flexibility index (Phi) is 16.1. The highest BCUT2D eigenvalue weighted by molar-refractivity contribution is 8.08. The Morgan fingerprint density at radius 3 is 2.14 bits per heavy atom. The molecule has 0 bridgehead atoms. The number of aromatic amines is 2. The lowest BCUT2D eigenvalue weighted by molar-refractivity contribution is -0.745. The van der Waals surface area contributed by atoms with E-state index in [2.05, 4.69) is 48.5 Å². The van der Waals surface area contributed by atoms with E-state index in [-0.39, 0.29) is 64.2 Å². The van der Waals surface area contributed by atoms with Crippen molar-refractivity contribution in [1.82, 2.24) is 53.6 Å². The molecule has 6 aromatic heterocycles. The van der Waals surface area contributed by atoms with Crippen molar-refractivity contribution >= 4 is 93.0 Å². The van der Waals surface area contributed by atoms with Gasteiger partial charge in [0.2, 0.25) is 17.7 Å². The average Bonchev–Trinajstić information content (AvgIpc) is 4.20. The van der Waals surface area contributed by atoms with Gasteiger partial charge in [0, 0.05) is 26.7 Å². The second-order valence-electron chi connectivity index (χ2n) is 17.4. The summed E-state index contributed by atoms with van der Waals surface area (Å²) < 4.78 is 99.5. The molecule has 16 atom stereocenters. The fraction of sp³-hybridized carbons (Fsp3) is 0.571. The van der Waals surface area contributed by atoms with Gasteiger partial charge in [-0.25, -0.2) is 37.9 Å². The van der Waals surface area contributed by atoms with Crippen LogP contribution in [0, 0.1) is 5.92 Å². The molecule has 0 amide bonds. The van der Waals surface area contributed by atoms with Crippen molar-refractivity contribution in [1.29, 1.82) is 0 Å². The van der Waals surface area contributed by atoms with Gasteiger partial charge in [-0.05, 0) is 18.2 Å². The summed E-state index contributed by atoms with van der Waals surface area (Å²) in [5.74, 6) is -1.48. The summed E-state index contributed by atoms with van der Waals surface area (Å²) in [7, 11) is -13.4. The maximum atomic E-state index is 14.3. The number of H-pyrrole nitrogens is 2. The minimum Gasteiger partial charge on any atom is -0.778 e. The summed E-state index contributed by atoms with van der Waals surface area (Å²) in [6.45, 7) is -7.90. The molecule has 0 spiro atoms. The van der Waals surface area contributed by atoms with Crippen LogP contribution in [0.2, 0.25) is 0 Å². The predicted octanol–water partition coefficient (Wildman–Crippen LogP) is -3.87. The number of ether oxygens (including phenoxy) is 5.